The molecule has 0 fully saturated rings. The van der Waals surface area contributed by atoms with Crippen LogP contribution in [-0.4, -0.2) is 16.2 Å². The average molecular weight is 272 g/mol. The number of aromatic nitrogens is 2. The van der Waals surface area contributed by atoms with Gasteiger partial charge in [-0.25, -0.2) is 4.98 Å². The summed E-state index contributed by atoms with van der Waals surface area (Å²) in [6, 6.07) is 6.54. The van der Waals surface area contributed by atoms with Gasteiger partial charge >= 0.3 is 0 Å². The Morgan fingerprint density at radius 2 is 2.40 bits per heavy atom. The van der Waals surface area contributed by atoms with Crippen molar-refractivity contribution in [3.8, 4) is 5.75 Å². The van der Waals surface area contributed by atoms with Crippen LogP contribution in [0, 0.1) is 0 Å². The zero-order valence-corrected chi connectivity index (χ0v) is 11.7. The molecule has 1 aromatic carbocycles. The lowest BCUT2D eigenvalue weighted by Crippen LogP contribution is -2.28. The largest absolute Gasteiger partial charge is 0.493 e. The normalized spacial score (nSPS) is 14.9. The predicted octanol–water partition coefficient (Wildman–Crippen LogP) is 1.49. The van der Waals surface area contributed by atoms with Gasteiger partial charge in [0, 0.05) is 19.7 Å². The Labute approximate surface area is 118 Å². The van der Waals surface area contributed by atoms with Gasteiger partial charge in [-0.15, -0.1) is 0 Å². The summed E-state index contributed by atoms with van der Waals surface area (Å²) < 4.78 is 7.46. The van der Waals surface area contributed by atoms with Gasteiger partial charge in [-0.05, 0) is 30.0 Å². The first kappa shape index (κ1) is 13.1. The molecule has 20 heavy (non-hydrogen) atoms. The van der Waals surface area contributed by atoms with Crippen LogP contribution in [0.25, 0.3) is 0 Å². The monoisotopic (exact) mass is 272 g/mol. The molecule has 2 heterocycles. The summed E-state index contributed by atoms with van der Waals surface area (Å²) in [5.41, 5.74) is 6.48. The number of fused-ring (bicyclic) bond motifs is 1. The van der Waals surface area contributed by atoms with E-state index in [2.05, 4.69) is 28.6 Å². The molecule has 2 aromatic rings. The molecule has 5 heteroatoms. The molecule has 0 amide bonds. The lowest BCUT2D eigenvalue weighted by atomic mass is 10.0. The highest BCUT2D eigenvalue weighted by Gasteiger charge is 2.15. The summed E-state index contributed by atoms with van der Waals surface area (Å²) in [5, 5.41) is 0. The van der Waals surface area contributed by atoms with Crippen molar-refractivity contribution in [1.82, 2.24) is 15.0 Å². The maximum atomic E-state index is 5.65. The summed E-state index contributed by atoms with van der Waals surface area (Å²) in [6.07, 6.45) is 6.71. The zero-order valence-electron chi connectivity index (χ0n) is 11.7. The van der Waals surface area contributed by atoms with Crippen molar-refractivity contribution in [2.45, 2.75) is 25.3 Å². The summed E-state index contributed by atoms with van der Waals surface area (Å²) in [6.45, 7) is 0.805. The number of hydrazine groups is 1. The predicted molar refractivity (Wildman–Crippen MR) is 77.2 cm³/mol. The van der Waals surface area contributed by atoms with Crippen molar-refractivity contribution >= 4 is 0 Å². The van der Waals surface area contributed by atoms with Crippen molar-refractivity contribution in [1.29, 1.82) is 0 Å². The highest BCUT2D eigenvalue weighted by atomic mass is 16.5. The number of benzene rings is 1. The number of nitrogens with zero attached hydrogens (tertiary/aromatic N) is 2. The van der Waals surface area contributed by atoms with E-state index in [4.69, 9.17) is 10.6 Å². The Balaban J connectivity index is 1.66. The molecular weight excluding hydrogens is 252 g/mol. The van der Waals surface area contributed by atoms with E-state index in [9.17, 15) is 0 Å². The summed E-state index contributed by atoms with van der Waals surface area (Å²) >= 11 is 0. The van der Waals surface area contributed by atoms with Crippen LogP contribution < -0.4 is 16.0 Å². The molecule has 3 N–H and O–H groups in total. The average Bonchev–Trinajstić information content (AvgIpc) is 3.08. The van der Waals surface area contributed by atoms with E-state index in [-0.39, 0.29) is 6.04 Å². The molecule has 0 aliphatic carbocycles. The molecule has 106 valence electrons. The van der Waals surface area contributed by atoms with Gasteiger partial charge in [-0.3, -0.25) is 11.3 Å². The molecule has 0 radical (unpaired) electrons. The molecule has 5 nitrogen and oxygen atoms in total. The minimum Gasteiger partial charge on any atom is -0.493 e. The molecule has 1 unspecified atom stereocenters. The van der Waals surface area contributed by atoms with Crippen LogP contribution in [0.3, 0.4) is 0 Å². The van der Waals surface area contributed by atoms with Gasteiger partial charge in [-0.2, -0.15) is 0 Å². The van der Waals surface area contributed by atoms with Gasteiger partial charge in [0.1, 0.15) is 5.75 Å². The second kappa shape index (κ2) is 5.64. The number of nitrogens with one attached hydrogen (secondary N) is 1. The third kappa shape index (κ3) is 2.69. The SMILES string of the molecule is Cn1cnc(C(CCc2ccc3c(c2)CCO3)NN)c1. The van der Waals surface area contributed by atoms with E-state index >= 15 is 0 Å². The fourth-order valence-electron chi connectivity index (χ4n) is 2.64. The van der Waals surface area contributed by atoms with Crippen LogP contribution in [0.4, 0.5) is 0 Å². The van der Waals surface area contributed by atoms with Crippen molar-refractivity contribution in [2.24, 2.45) is 12.9 Å². The third-order valence-electron chi connectivity index (χ3n) is 3.76. The number of rotatable bonds is 5. The Hall–Kier alpha value is -1.85. The van der Waals surface area contributed by atoms with E-state index in [1.165, 1.54) is 11.1 Å². The van der Waals surface area contributed by atoms with Crippen LogP contribution in [0.1, 0.15) is 29.3 Å². The molecule has 0 bridgehead atoms. The first-order chi connectivity index (χ1) is 9.76. The van der Waals surface area contributed by atoms with Gasteiger partial charge in [0.25, 0.3) is 0 Å². The molecule has 0 saturated heterocycles. The molecule has 1 aliphatic rings. The second-order valence-electron chi connectivity index (χ2n) is 5.26. The molecule has 1 aromatic heterocycles. The summed E-state index contributed by atoms with van der Waals surface area (Å²) in [5.74, 6) is 6.68. The summed E-state index contributed by atoms with van der Waals surface area (Å²) in [4.78, 5) is 4.36. The minimum atomic E-state index is 0.0840. The first-order valence-corrected chi connectivity index (χ1v) is 6.95. The standard InChI is InChI=1S/C15H20N4O/c1-19-9-14(17-10-19)13(18-16)4-2-11-3-5-15-12(8-11)6-7-20-15/h3,5,8-10,13,18H,2,4,6-7,16H2,1H3. The molecular formula is C15H20N4O. The fourth-order valence-corrected chi connectivity index (χ4v) is 2.64. The minimum absolute atomic E-state index is 0.0840. The van der Waals surface area contributed by atoms with Crippen molar-refractivity contribution in [2.75, 3.05) is 6.61 Å². The van der Waals surface area contributed by atoms with E-state index in [0.29, 0.717) is 0 Å². The van der Waals surface area contributed by atoms with Crippen LogP contribution >= 0.6 is 0 Å². The Morgan fingerprint density at radius 1 is 1.50 bits per heavy atom. The highest BCUT2D eigenvalue weighted by Crippen LogP contribution is 2.27. The van der Waals surface area contributed by atoms with E-state index in [1.807, 2.05) is 17.8 Å². The van der Waals surface area contributed by atoms with Crippen molar-refractivity contribution < 1.29 is 4.74 Å². The Kier molecular flexibility index (Phi) is 3.71. The van der Waals surface area contributed by atoms with Crippen LogP contribution in [0.15, 0.2) is 30.7 Å². The van der Waals surface area contributed by atoms with Gasteiger partial charge in [0.05, 0.1) is 24.7 Å². The van der Waals surface area contributed by atoms with Gasteiger partial charge < -0.3 is 9.30 Å². The van der Waals surface area contributed by atoms with E-state index in [0.717, 1.165) is 37.3 Å². The number of hydrogen-bond acceptors (Lipinski definition) is 4. The van der Waals surface area contributed by atoms with Crippen LogP contribution in [0.5, 0.6) is 5.75 Å². The quantitative estimate of drug-likeness (QED) is 0.639. The number of hydrogen-bond donors (Lipinski definition) is 2. The lowest BCUT2D eigenvalue weighted by molar-refractivity contribution is 0.357. The van der Waals surface area contributed by atoms with Crippen molar-refractivity contribution in [3.05, 3.63) is 47.5 Å². The smallest absolute Gasteiger partial charge is 0.122 e. The number of aryl methyl sites for hydroxylation is 2. The van der Waals surface area contributed by atoms with Crippen molar-refractivity contribution in [3.63, 3.8) is 0 Å². The molecule has 0 spiro atoms. The molecule has 1 atom stereocenters. The summed E-state index contributed by atoms with van der Waals surface area (Å²) in [7, 11) is 1.96. The van der Waals surface area contributed by atoms with Gasteiger partial charge in [0.15, 0.2) is 0 Å². The lowest BCUT2D eigenvalue weighted by Gasteiger charge is -2.13. The maximum absolute atomic E-state index is 5.65. The number of imidazole rings is 1. The van der Waals surface area contributed by atoms with Crippen LogP contribution in [-0.2, 0) is 19.9 Å². The highest BCUT2D eigenvalue weighted by molar-refractivity contribution is 5.39. The number of nitrogens with two attached hydrogens (primary N) is 1. The second-order valence-corrected chi connectivity index (χ2v) is 5.26. The maximum Gasteiger partial charge on any atom is 0.122 e. The van der Waals surface area contributed by atoms with E-state index < -0.39 is 0 Å². The Bertz CT molecular complexity index is 593. The third-order valence-corrected chi connectivity index (χ3v) is 3.76. The Morgan fingerprint density at radius 3 is 3.15 bits per heavy atom. The molecule has 0 saturated carbocycles. The van der Waals surface area contributed by atoms with Gasteiger partial charge in [-0.1, -0.05) is 12.1 Å². The van der Waals surface area contributed by atoms with Gasteiger partial charge in [0.2, 0.25) is 0 Å². The first-order valence-electron chi connectivity index (χ1n) is 6.95. The topological polar surface area (TPSA) is 65.1 Å². The molecule has 1 aliphatic heterocycles. The molecule has 3 rings (SSSR count). The number of ether oxygens (including phenoxy) is 1. The van der Waals surface area contributed by atoms with E-state index in [1.54, 1.807) is 6.33 Å². The fraction of sp³-hybridized carbons (Fsp3) is 0.400. The van der Waals surface area contributed by atoms with Crippen LogP contribution in [0.2, 0.25) is 0 Å². The zero-order chi connectivity index (χ0) is 13.9.